The number of nitrogens with one attached hydrogen (secondary N) is 1. The van der Waals surface area contributed by atoms with Crippen molar-refractivity contribution in [2.24, 2.45) is 22.6 Å². The molecule has 3 nitrogen and oxygen atoms in total. The van der Waals surface area contributed by atoms with Crippen molar-refractivity contribution in [2.45, 2.75) is 51.0 Å². The molecule has 0 spiro atoms. The van der Waals surface area contributed by atoms with Crippen LogP contribution in [0.25, 0.3) is 0 Å². The van der Waals surface area contributed by atoms with E-state index in [9.17, 15) is 0 Å². The number of nitrogens with two attached hydrogens (primary N) is 1. The Morgan fingerprint density at radius 3 is 2.50 bits per heavy atom. The molecule has 4 heteroatoms. The molecule has 0 aromatic rings. The molecular weight excluding hydrogens is 313 g/mol. The van der Waals surface area contributed by atoms with Crippen LogP contribution in [0.3, 0.4) is 0 Å². The second-order valence-electron chi connectivity index (χ2n) is 5.07. The van der Waals surface area contributed by atoms with Crippen LogP contribution in [0.2, 0.25) is 0 Å². The first-order chi connectivity index (χ1) is 7.29. The summed E-state index contributed by atoms with van der Waals surface area (Å²) in [6, 6.07) is 0.577. The summed E-state index contributed by atoms with van der Waals surface area (Å²) in [6.07, 6.45) is 9.77. The number of hydrogen-bond acceptors (Lipinski definition) is 1. The highest BCUT2D eigenvalue weighted by atomic mass is 127. The molecule has 0 aliphatic heterocycles. The monoisotopic (exact) mass is 337 g/mol. The Bertz CT molecular complexity index is 242. The summed E-state index contributed by atoms with van der Waals surface area (Å²) in [5.74, 6) is 2.57. The number of aliphatic imine (C=N–C) groups is 1. The Kier molecular flexibility index (Phi) is 5.86. The Hall–Kier alpha value is 0. The summed E-state index contributed by atoms with van der Waals surface area (Å²) in [4.78, 5) is 3.97. The second-order valence-corrected chi connectivity index (χ2v) is 5.07. The van der Waals surface area contributed by atoms with Crippen LogP contribution in [-0.4, -0.2) is 19.0 Å². The largest absolute Gasteiger partial charge is 0.370 e. The normalized spacial score (nSPS) is 34.8. The van der Waals surface area contributed by atoms with Crippen molar-refractivity contribution in [1.82, 2.24) is 5.32 Å². The van der Waals surface area contributed by atoms with Crippen LogP contribution in [0, 0.1) is 11.8 Å². The average molecular weight is 337 g/mol. The molecule has 2 aliphatic carbocycles. The van der Waals surface area contributed by atoms with Crippen molar-refractivity contribution in [3.05, 3.63) is 0 Å². The smallest absolute Gasteiger partial charge is 0.188 e. The van der Waals surface area contributed by atoms with Gasteiger partial charge in [0.25, 0.3) is 0 Å². The van der Waals surface area contributed by atoms with Crippen LogP contribution in [0.5, 0.6) is 0 Å². The summed E-state index contributed by atoms with van der Waals surface area (Å²) in [7, 11) is 1.74. The van der Waals surface area contributed by atoms with E-state index in [1.807, 2.05) is 0 Å². The third-order valence-corrected chi connectivity index (χ3v) is 4.13. The molecular formula is C12H24IN3. The van der Waals surface area contributed by atoms with Crippen LogP contribution < -0.4 is 11.1 Å². The molecule has 0 aromatic carbocycles. The zero-order valence-electron chi connectivity index (χ0n) is 10.1. The first-order valence-electron chi connectivity index (χ1n) is 6.28. The third kappa shape index (κ3) is 3.50. The molecule has 2 aliphatic rings. The van der Waals surface area contributed by atoms with E-state index in [0.29, 0.717) is 12.0 Å². The highest BCUT2D eigenvalue weighted by molar-refractivity contribution is 14.0. The lowest BCUT2D eigenvalue weighted by atomic mass is 9.69. The highest BCUT2D eigenvalue weighted by Crippen LogP contribution is 2.40. The Morgan fingerprint density at radius 2 is 1.81 bits per heavy atom. The summed E-state index contributed by atoms with van der Waals surface area (Å²) in [5.41, 5.74) is 5.71. The van der Waals surface area contributed by atoms with Gasteiger partial charge < -0.3 is 11.1 Å². The van der Waals surface area contributed by atoms with E-state index in [2.05, 4.69) is 10.3 Å². The molecule has 0 saturated heterocycles. The lowest BCUT2D eigenvalue weighted by molar-refractivity contribution is 0.150. The minimum atomic E-state index is 0. The Morgan fingerprint density at radius 1 is 1.12 bits per heavy atom. The predicted octanol–water partition coefficient (Wildman–Crippen LogP) is 2.50. The first-order valence-corrected chi connectivity index (χ1v) is 6.28. The molecule has 0 heterocycles. The Balaban J connectivity index is 0.00000128. The van der Waals surface area contributed by atoms with E-state index in [4.69, 9.17) is 5.73 Å². The molecule has 3 atom stereocenters. The maximum absolute atomic E-state index is 5.71. The number of rotatable bonds is 1. The van der Waals surface area contributed by atoms with Crippen molar-refractivity contribution in [2.75, 3.05) is 7.05 Å². The van der Waals surface area contributed by atoms with E-state index >= 15 is 0 Å². The quantitative estimate of drug-likeness (QED) is 0.439. The SMILES string of the molecule is CN=C(N)NC1CCC2CCCCC2C1.I. The van der Waals surface area contributed by atoms with Crippen LogP contribution in [0.15, 0.2) is 4.99 Å². The number of fused-ring (bicyclic) bond motifs is 1. The standard InChI is InChI=1S/C12H23N3.HI/c1-14-12(13)15-11-7-6-9-4-2-3-5-10(9)8-11;/h9-11H,2-8H2,1H3,(H3,13,14,15);1H. The van der Waals surface area contributed by atoms with Gasteiger partial charge in [-0.2, -0.15) is 0 Å². The van der Waals surface area contributed by atoms with Gasteiger partial charge in [-0.3, -0.25) is 4.99 Å². The van der Waals surface area contributed by atoms with Gasteiger partial charge in [0, 0.05) is 13.1 Å². The predicted molar refractivity (Wildman–Crippen MR) is 79.2 cm³/mol. The van der Waals surface area contributed by atoms with Crippen LogP contribution in [-0.2, 0) is 0 Å². The number of halogens is 1. The molecule has 2 fully saturated rings. The zero-order valence-corrected chi connectivity index (χ0v) is 12.4. The van der Waals surface area contributed by atoms with Crippen molar-refractivity contribution in [3.63, 3.8) is 0 Å². The maximum atomic E-state index is 5.71. The fourth-order valence-corrected chi connectivity index (χ4v) is 3.28. The zero-order chi connectivity index (χ0) is 10.7. The van der Waals surface area contributed by atoms with E-state index in [0.717, 1.165) is 11.8 Å². The van der Waals surface area contributed by atoms with Gasteiger partial charge in [0.05, 0.1) is 0 Å². The van der Waals surface area contributed by atoms with Crippen LogP contribution in [0.1, 0.15) is 44.9 Å². The fraction of sp³-hybridized carbons (Fsp3) is 0.917. The van der Waals surface area contributed by atoms with Gasteiger partial charge in [-0.1, -0.05) is 25.7 Å². The number of guanidine groups is 1. The van der Waals surface area contributed by atoms with Gasteiger partial charge in [0.15, 0.2) is 5.96 Å². The molecule has 94 valence electrons. The van der Waals surface area contributed by atoms with Gasteiger partial charge in [0.2, 0.25) is 0 Å². The van der Waals surface area contributed by atoms with Crippen molar-refractivity contribution in [3.8, 4) is 0 Å². The molecule has 0 aromatic heterocycles. The van der Waals surface area contributed by atoms with Crippen molar-refractivity contribution < 1.29 is 0 Å². The van der Waals surface area contributed by atoms with Gasteiger partial charge in [0.1, 0.15) is 0 Å². The highest BCUT2D eigenvalue weighted by Gasteiger charge is 2.32. The minimum Gasteiger partial charge on any atom is -0.370 e. The summed E-state index contributed by atoms with van der Waals surface area (Å²) >= 11 is 0. The lowest BCUT2D eigenvalue weighted by Gasteiger charge is -2.39. The summed E-state index contributed by atoms with van der Waals surface area (Å²) in [5, 5.41) is 3.33. The van der Waals surface area contributed by atoms with Crippen molar-refractivity contribution >= 4 is 29.9 Å². The Labute approximate surface area is 116 Å². The average Bonchev–Trinajstić information content (AvgIpc) is 2.29. The number of hydrogen-bond donors (Lipinski definition) is 2. The van der Waals surface area contributed by atoms with Crippen LogP contribution >= 0.6 is 24.0 Å². The summed E-state index contributed by atoms with van der Waals surface area (Å²) < 4.78 is 0. The topological polar surface area (TPSA) is 50.4 Å². The van der Waals surface area contributed by atoms with E-state index in [1.165, 1.54) is 44.9 Å². The fourth-order valence-electron chi connectivity index (χ4n) is 3.28. The molecule has 2 saturated carbocycles. The van der Waals surface area contributed by atoms with E-state index in [-0.39, 0.29) is 24.0 Å². The molecule has 3 N–H and O–H groups in total. The molecule has 2 rings (SSSR count). The van der Waals surface area contributed by atoms with Gasteiger partial charge in [-0.05, 0) is 31.1 Å². The maximum Gasteiger partial charge on any atom is 0.188 e. The van der Waals surface area contributed by atoms with E-state index in [1.54, 1.807) is 7.05 Å². The van der Waals surface area contributed by atoms with Crippen molar-refractivity contribution in [1.29, 1.82) is 0 Å². The molecule has 0 bridgehead atoms. The minimum absolute atomic E-state index is 0. The molecule has 3 unspecified atom stereocenters. The molecule has 0 radical (unpaired) electrons. The van der Waals surface area contributed by atoms with Gasteiger partial charge >= 0.3 is 0 Å². The van der Waals surface area contributed by atoms with Crippen LogP contribution in [0.4, 0.5) is 0 Å². The first kappa shape index (κ1) is 14.1. The number of nitrogens with zero attached hydrogens (tertiary/aromatic N) is 1. The van der Waals surface area contributed by atoms with E-state index < -0.39 is 0 Å². The van der Waals surface area contributed by atoms with Gasteiger partial charge in [-0.25, -0.2) is 0 Å². The third-order valence-electron chi connectivity index (χ3n) is 4.13. The summed E-state index contributed by atoms with van der Waals surface area (Å²) in [6.45, 7) is 0. The van der Waals surface area contributed by atoms with Gasteiger partial charge in [-0.15, -0.1) is 24.0 Å². The molecule has 16 heavy (non-hydrogen) atoms. The molecule has 0 amide bonds. The second kappa shape index (κ2) is 6.67. The lowest BCUT2D eigenvalue weighted by Crippen LogP contribution is -2.44.